The van der Waals surface area contributed by atoms with Gasteiger partial charge < -0.3 is 11.5 Å². The van der Waals surface area contributed by atoms with E-state index in [0.29, 0.717) is 21.9 Å². The molecule has 98 valence electrons. The summed E-state index contributed by atoms with van der Waals surface area (Å²) in [5, 5.41) is 0. The number of anilines is 1. The van der Waals surface area contributed by atoms with Crippen LogP contribution in [0.15, 0.2) is 47.4 Å². The highest BCUT2D eigenvalue weighted by Gasteiger charge is 2.05. The fraction of sp³-hybridized carbons (Fsp3) is 0.0714. The first-order chi connectivity index (χ1) is 9.06. The molecule has 0 aliphatic heterocycles. The van der Waals surface area contributed by atoms with E-state index in [1.54, 1.807) is 18.2 Å². The highest BCUT2D eigenvalue weighted by molar-refractivity contribution is 7.98. The predicted octanol–water partition coefficient (Wildman–Crippen LogP) is 2.80. The first-order valence-electron chi connectivity index (χ1n) is 5.63. The van der Waals surface area contributed by atoms with Gasteiger partial charge in [0, 0.05) is 21.9 Å². The van der Waals surface area contributed by atoms with Gasteiger partial charge >= 0.3 is 0 Å². The molecule has 2 aromatic rings. The molecule has 1 amide bonds. The molecule has 0 unspecified atom stereocenters. The number of primary amides is 1. The van der Waals surface area contributed by atoms with Crippen LogP contribution in [0.4, 0.5) is 10.1 Å². The summed E-state index contributed by atoms with van der Waals surface area (Å²) in [6.45, 7) is 0. The van der Waals surface area contributed by atoms with E-state index in [0.717, 1.165) is 5.56 Å². The number of hydrogen-bond donors (Lipinski definition) is 2. The molecule has 5 heteroatoms. The van der Waals surface area contributed by atoms with E-state index in [-0.39, 0.29) is 5.82 Å². The number of carbonyl (C=O) groups is 1. The van der Waals surface area contributed by atoms with Gasteiger partial charge in [-0.15, -0.1) is 11.8 Å². The van der Waals surface area contributed by atoms with Gasteiger partial charge in [-0.25, -0.2) is 4.39 Å². The van der Waals surface area contributed by atoms with Crippen LogP contribution in [-0.4, -0.2) is 5.91 Å². The minimum absolute atomic E-state index is 0.317. The second kappa shape index (κ2) is 5.75. The minimum atomic E-state index is -0.461. The molecule has 3 nitrogen and oxygen atoms in total. The van der Waals surface area contributed by atoms with Crippen LogP contribution in [-0.2, 0) is 5.75 Å². The van der Waals surface area contributed by atoms with E-state index < -0.39 is 5.91 Å². The van der Waals surface area contributed by atoms with Crippen LogP contribution >= 0.6 is 11.8 Å². The summed E-state index contributed by atoms with van der Waals surface area (Å²) in [4.78, 5) is 11.8. The SMILES string of the molecule is NC(=O)c1cccc(CSc2cc(F)ccc2N)c1. The number of benzene rings is 2. The largest absolute Gasteiger partial charge is 0.398 e. The van der Waals surface area contributed by atoms with Gasteiger partial charge in [-0.1, -0.05) is 12.1 Å². The van der Waals surface area contributed by atoms with E-state index in [4.69, 9.17) is 11.5 Å². The van der Waals surface area contributed by atoms with E-state index in [1.807, 2.05) is 6.07 Å². The molecule has 2 rings (SSSR count). The molecule has 0 heterocycles. The zero-order chi connectivity index (χ0) is 13.8. The maximum atomic E-state index is 13.1. The van der Waals surface area contributed by atoms with E-state index >= 15 is 0 Å². The van der Waals surface area contributed by atoms with Crippen molar-refractivity contribution >= 4 is 23.4 Å². The second-order valence-electron chi connectivity index (χ2n) is 4.04. The maximum absolute atomic E-state index is 13.1. The molecule has 0 bridgehead atoms. The molecule has 0 aromatic heterocycles. The number of rotatable bonds is 4. The maximum Gasteiger partial charge on any atom is 0.248 e. The molecule has 19 heavy (non-hydrogen) atoms. The van der Waals surface area contributed by atoms with Gasteiger partial charge in [0.05, 0.1) is 0 Å². The Kier molecular flexibility index (Phi) is 4.06. The number of thioether (sulfide) groups is 1. The zero-order valence-corrected chi connectivity index (χ0v) is 10.9. The summed E-state index contributed by atoms with van der Waals surface area (Å²) in [6, 6.07) is 11.3. The molecule has 0 saturated heterocycles. The molecule has 0 radical (unpaired) electrons. The average molecular weight is 276 g/mol. The van der Waals surface area contributed by atoms with Crippen molar-refractivity contribution in [2.24, 2.45) is 5.73 Å². The molecule has 0 aliphatic carbocycles. The standard InChI is InChI=1S/C14H13FN2OS/c15-11-4-5-12(16)13(7-11)19-8-9-2-1-3-10(6-9)14(17)18/h1-7H,8,16H2,(H2,17,18). The number of halogens is 1. The van der Waals surface area contributed by atoms with Gasteiger partial charge in [-0.3, -0.25) is 4.79 Å². The summed E-state index contributed by atoms with van der Waals surface area (Å²) >= 11 is 1.42. The lowest BCUT2D eigenvalue weighted by molar-refractivity contribution is 0.1000. The van der Waals surface area contributed by atoms with Gasteiger partial charge in [0.2, 0.25) is 5.91 Å². The smallest absolute Gasteiger partial charge is 0.248 e. The predicted molar refractivity (Wildman–Crippen MR) is 75.3 cm³/mol. The van der Waals surface area contributed by atoms with Crippen LogP contribution in [0, 0.1) is 5.82 Å². The topological polar surface area (TPSA) is 69.1 Å². The van der Waals surface area contributed by atoms with E-state index in [9.17, 15) is 9.18 Å². The molecule has 0 spiro atoms. The summed E-state index contributed by atoms with van der Waals surface area (Å²) < 4.78 is 13.1. The fourth-order valence-corrected chi connectivity index (χ4v) is 2.54. The quantitative estimate of drug-likeness (QED) is 0.666. The highest BCUT2D eigenvalue weighted by atomic mass is 32.2. The molecule has 4 N–H and O–H groups in total. The van der Waals surface area contributed by atoms with Crippen LogP contribution in [0.1, 0.15) is 15.9 Å². The Hall–Kier alpha value is -2.01. The van der Waals surface area contributed by atoms with Crippen LogP contribution in [0.3, 0.4) is 0 Å². The average Bonchev–Trinajstić information content (AvgIpc) is 2.40. The Morgan fingerprint density at radius 3 is 2.74 bits per heavy atom. The van der Waals surface area contributed by atoms with Crippen LogP contribution in [0.25, 0.3) is 0 Å². The van der Waals surface area contributed by atoms with Gasteiger partial charge in [0.15, 0.2) is 0 Å². The molecular weight excluding hydrogens is 263 g/mol. The Labute approximate surface area is 114 Å². The zero-order valence-electron chi connectivity index (χ0n) is 10.1. The van der Waals surface area contributed by atoms with Gasteiger partial charge in [-0.05, 0) is 35.9 Å². The van der Waals surface area contributed by atoms with Crippen molar-refractivity contribution in [2.45, 2.75) is 10.6 Å². The Balaban J connectivity index is 2.12. The lowest BCUT2D eigenvalue weighted by Gasteiger charge is -2.06. The van der Waals surface area contributed by atoms with Crippen molar-refractivity contribution in [3.05, 3.63) is 59.4 Å². The molecule has 0 fully saturated rings. The van der Waals surface area contributed by atoms with Crippen molar-refractivity contribution in [2.75, 3.05) is 5.73 Å². The Bertz CT molecular complexity index is 616. The molecule has 2 aromatic carbocycles. The fourth-order valence-electron chi connectivity index (χ4n) is 1.61. The molecule has 0 atom stereocenters. The third-order valence-corrected chi connectivity index (χ3v) is 3.72. The number of nitrogens with two attached hydrogens (primary N) is 2. The monoisotopic (exact) mass is 276 g/mol. The third-order valence-electron chi connectivity index (χ3n) is 2.58. The normalized spacial score (nSPS) is 10.4. The molecule has 0 saturated carbocycles. The van der Waals surface area contributed by atoms with Crippen LogP contribution < -0.4 is 11.5 Å². The number of nitrogen functional groups attached to an aromatic ring is 1. The van der Waals surface area contributed by atoms with Gasteiger partial charge in [0.1, 0.15) is 5.82 Å². The van der Waals surface area contributed by atoms with Crippen molar-refractivity contribution in [3.8, 4) is 0 Å². The summed E-state index contributed by atoms with van der Waals surface area (Å²) in [5.74, 6) is -0.186. The van der Waals surface area contributed by atoms with Crippen molar-refractivity contribution in [1.29, 1.82) is 0 Å². The summed E-state index contributed by atoms with van der Waals surface area (Å²) in [5.41, 5.74) is 12.9. The van der Waals surface area contributed by atoms with E-state index in [1.165, 1.54) is 30.0 Å². The summed E-state index contributed by atoms with van der Waals surface area (Å²) in [7, 11) is 0. The minimum Gasteiger partial charge on any atom is -0.398 e. The second-order valence-corrected chi connectivity index (χ2v) is 5.05. The van der Waals surface area contributed by atoms with Gasteiger partial charge in [-0.2, -0.15) is 0 Å². The van der Waals surface area contributed by atoms with Gasteiger partial charge in [0.25, 0.3) is 0 Å². The molecule has 0 aliphatic rings. The lowest BCUT2D eigenvalue weighted by atomic mass is 10.1. The summed E-state index contributed by atoms with van der Waals surface area (Å²) in [6.07, 6.45) is 0. The number of carbonyl (C=O) groups excluding carboxylic acids is 1. The lowest BCUT2D eigenvalue weighted by Crippen LogP contribution is -2.10. The number of amides is 1. The number of hydrogen-bond acceptors (Lipinski definition) is 3. The third kappa shape index (κ3) is 3.48. The van der Waals surface area contributed by atoms with E-state index in [2.05, 4.69) is 0 Å². The first-order valence-corrected chi connectivity index (χ1v) is 6.61. The Morgan fingerprint density at radius 2 is 2.00 bits per heavy atom. The first kappa shape index (κ1) is 13.4. The van der Waals surface area contributed by atoms with Crippen LogP contribution in [0.2, 0.25) is 0 Å². The Morgan fingerprint density at radius 1 is 1.21 bits per heavy atom. The van der Waals surface area contributed by atoms with Crippen molar-refractivity contribution in [1.82, 2.24) is 0 Å². The highest BCUT2D eigenvalue weighted by Crippen LogP contribution is 2.28. The molecular formula is C14H13FN2OS. The van der Waals surface area contributed by atoms with Crippen molar-refractivity contribution < 1.29 is 9.18 Å². The van der Waals surface area contributed by atoms with Crippen LogP contribution in [0.5, 0.6) is 0 Å². The van der Waals surface area contributed by atoms with Crippen molar-refractivity contribution in [3.63, 3.8) is 0 Å².